The standard InChI is InChI=1S/C29H33N3O4S.CH4BS.Rh/c1-6-30(7-2)20-14-16-24-26(18-20)36-27-19-21(31(8-3)9-4)15-17-25(27)29(24)23-13-11-10-12-22(23)28(33)32(29)37(5,34)35;1-2-3;/h10-19H,6-9H2,1-5H3;3H,1H3;. The molecular formula is C30H37BN3O4RhS2. The van der Waals surface area contributed by atoms with E-state index < -0.39 is 21.5 Å². The fourth-order valence-electron chi connectivity index (χ4n) is 5.89. The molecule has 2 aliphatic heterocycles. The first-order valence-electron chi connectivity index (χ1n) is 13.7. The molecule has 0 saturated carbocycles. The number of thiol groups is 1. The van der Waals surface area contributed by atoms with Crippen LogP contribution in [0.25, 0.3) is 0 Å². The maximum atomic E-state index is 13.8. The topological polar surface area (TPSA) is 70.2 Å². The molecule has 5 rings (SSSR count). The minimum atomic E-state index is -3.98. The zero-order valence-electron chi connectivity index (χ0n) is 24.3. The predicted molar refractivity (Wildman–Crippen MR) is 168 cm³/mol. The molecule has 0 unspecified atom stereocenters. The number of fused-ring (bicyclic) bond motifs is 6. The van der Waals surface area contributed by atoms with Gasteiger partial charge in [0.05, 0.1) is 6.26 Å². The molecule has 2 heterocycles. The van der Waals surface area contributed by atoms with Crippen molar-refractivity contribution in [1.29, 1.82) is 0 Å². The third kappa shape index (κ3) is 5.53. The summed E-state index contributed by atoms with van der Waals surface area (Å²) in [6.07, 6.45) is 1.10. The van der Waals surface area contributed by atoms with Crippen molar-refractivity contribution in [3.8, 4) is 11.5 Å². The van der Waals surface area contributed by atoms with Crippen LogP contribution < -0.4 is 14.5 Å². The summed E-state index contributed by atoms with van der Waals surface area (Å²) in [6, 6.07) is 18.9. The first kappa shape index (κ1) is 33.0. The van der Waals surface area contributed by atoms with E-state index in [1.54, 1.807) is 18.7 Å². The van der Waals surface area contributed by atoms with Crippen LogP contribution in [0.4, 0.5) is 11.4 Å². The minimum absolute atomic E-state index is 0. The van der Waals surface area contributed by atoms with Crippen LogP contribution in [0.1, 0.15) is 54.7 Å². The van der Waals surface area contributed by atoms with Gasteiger partial charge in [0.25, 0.3) is 5.91 Å². The molecule has 0 aliphatic carbocycles. The summed E-state index contributed by atoms with van der Waals surface area (Å²) in [6.45, 7) is 15.2. The summed E-state index contributed by atoms with van der Waals surface area (Å²) < 4.78 is 34.4. The van der Waals surface area contributed by atoms with Gasteiger partial charge in [-0.1, -0.05) is 37.2 Å². The van der Waals surface area contributed by atoms with Crippen molar-refractivity contribution < 1.29 is 37.4 Å². The second-order valence-electron chi connectivity index (χ2n) is 9.65. The van der Waals surface area contributed by atoms with Crippen molar-refractivity contribution in [1.82, 2.24) is 4.31 Å². The smallest absolute Gasteiger partial charge is 0.269 e. The maximum Gasteiger partial charge on any atom is 0.269 e. The fourth-order valence-corrected chi connectivity index (χ4v) is 7.08. The first-order chi connectivity index (χ1) is 19.1. The van der Waals surface area contributed by atoms with Crippen LogP contribution in [0.2, 0.25) is 6.82 Å². The van der Waals surface area contributed by atoms with Crippen molar-refractivity contribution in [3.05, 3.63) is 82.9 Å². The second-order valence-corrected chi connectivity index (χ2v) is 12.0. The van der Waals surface area contributed by atoms with Gasteiger partial charge in [-0.3, -0.25) is 4.79 Å². The van der Waals surface area contributed by atoms with Gasteiger partial charge >= 0.3 is 0 Å². The van der Waals surface area contributed by atoms with Gasteiger partial charge in [-0.25, -0.2) is 25.2 Å². The van der Waals surface area contributed by atoms with Crippen LogP contribution in [-0.2, 0) is 35.0 Å². The summed E-state index contributed by atoms with van der Waals surface area (Å²) in [4.78, 5) is 18.2. The summed E-state index contributed by atoms with van der Waals surface area (Å²) in [7, 11) is -3.98. The predicted octanol–water partition coefficient (Wildman–Crippen LogP) is 5.77. The number of carbonyl (C=O) groups excluding carboxylic acids is 1. The Morgan fingerprint density at radius 2 is 1.27 bits per heavy atom. The third-order valence-corrected chi connectivity index (χ3v) is 8.66. The second kappa shape index (κ2) is 13.2. The van der Waals surface area contributed by atoms with Crippen molar-refractivity contribution in [2.75, 3.05) is 42.2 Å². The molecule has 3 aromatic carbocycles. The van der Waals surface area contributed by atoms with E-state index in [1.807, 2.05) is 55.4 Å². The summed E-state index contributed by atoms with van der Waals surface area (Å²) >= 11 is 3.66. The number of anilines is 2. The number of carbonyl (C=O) groups is 1. The van der Waals surface area contributed by atoms with Gasteiger partial charge in [0, 0.05) is 91.4 Å². The quantitative estimate of drug-likeness (QED) is 0.252. The van der Waals surface area contributed by atoms with Crippen molar-refractivity contribution in [2.24, 2.45) is 0 Å². The average Bonchev–Trinajstić information content (AvgIpc) is 3.20. The van der Waals surface area contributed by atoms with Crippen LogP contribution in [-0.4, -0.2) is 57.6 Å². The largest absolute Gasteiger partial charge is 0.456 e. The van der Waals surface area contributed by atoms with E-state index in [4.69, 9.17) is 4.74 Å². The number of benzene rings is 3. The van der Waals surface area contributed by atoms with Gasteiger partial charge in [-0.15, -0.1) is 0 Å². The zero-order chi connectivity index (χ0) is 29.2. The average molecular weight is 681 g/mol. The Bertz CT molecular complexity index is 1450. The fraction of sp³-hybridized carbons (Fsp3) is 0.367. The van der Waals surface area contributed by atoms with Crippen molar-refractivity contribution in [3.63, 3.8) is 0 Å². The molecule has 0 aromatic heterocycles. The molecule has 3 aromatic rings. The Morgan fingerprint density at radius 1 is 0.829 bits per heavy atom. The van der Waals surface area contributed by atoms with Crippen LogP contribution in [0, 0.1) is 0 Å². The molecule has 2 radical (unpaired) electrons. The Morgan fingerprint density at radius 3 is 1.68 bits per heavy atom. The zero-order valence-corrected chi connectivity index (χ0v) is 27.7. The van der Waals surface area contributed by atoms with Crippen molar-refractivity contribution in [2.45, 2.75) is 40.1 Å². The van der Waals surface area contributed by atoms with E-state index in [9.17, 15) is 13.2 Å². The molecule has 0 saturated heterocycles. The van der Waals surface area contributed by atoms with E-state index in [0.717, 1.165) is 48.1 Å². The van der Waals surface area contributed by atoms with Crippen LogP contribution >= 0.6 is 12.5 Å². The number of rotatable bonds is 7. The molecular weight excluding hydrogens is 644 g/mol. The SMILES string of the molecule is CCN(CC)c1ccc2c(c1)Oc1cc(N(CC)CC)ccc1C21c2ccccc2C(=O)N1S(C)(=O)=O.C[B]S.[Rh]. The molecule has 41 heavy (non-hydrogen) atoms. The molecule has 0 bridgehead atoms. The maximum absolute atomic E-state index is 13.8. The molecule has 0 fully saturated rings. The third-order valence-electron chi connectivity index (χ3n) is 7.56. The normalized spacial score (nSPS) is 14.0. The van der Waals surface area contributed by atoms with E-state index in [-0.39, 0.29) is 19.5 Å². The number of hydrogen-bond donors (Lipinski definition) is 1. The van der Waals surface area contributed by atoms with E-state index in [0.29, 0.717) is 33.8 Å². The molecule has 1 spiro atoms. The van der Waals surface area contributed by atoms with Crippen LogP contribution in [0.15, 0.2) is 60.7 Å². The van der Waals surface area contributed by atoms with Gasteiger partial charge < -0.3 is 14.5 Å². The summed E-state index contributed by atoms with van der Waals surface area (Å²) in [5.41, 5.74) is 2.88. The van der Waals surface area contributed by atoms with E-state index in [1.165, 1.54) is 0 Å². The Labute approximate surface area is 263 Å². The number of ether oxygens (including phenoxy) is 1. The van der Waals surface area contributed by atoms with E-state index in [2.05, 4.69) is 50.0 Å². The van der Waals surface area contributed by atoms with Gasteiger partial charge in [0.2, 0.25) is 10.0 Å². The van der Waals surface area contributed by atoms with Gasteiger partial charge in [-0.05, 0) is 45.9 Å². The van der Waals surface area contributed by atoms with Crippen molar-refractivity contribution >= 4 is 46.3 Å². The molecule has 11 heteroatoms. The van der Waals surface area contributed by atoms with Gasteiger partial charge in [0.15, 0.2) is 6.56 Å². The first-order valence-corrected chi connectivity index (χ1v) is 16.0. The molecule has 0 atom stereocenters. The minimum Gasteiger partial charge on any atom is -0.456 e. The molecule has 7 nitrogen and oxygen atoms in total. The number of hydrogen-bond acceptors (Lipinski definition) is 7. The van der Waals surface area contributed by atoms with Crippen LogP contribution in [0.3, 0.4) is 0 Å². The van der Waals surface area contributed by atoms with Gasteiger partial charge in [0.1, 0.15) is 17.0 Å². The Hall–Kier alpha value is -2.48. The molecule has 2 aliphatic rings. The summed E-state index contributed by atoms with van der Waals surface area (Å²) in [5, 5.41) is 0. The van der Waals surface area contributed by atoms with E-state index >= 15 is 0 Å². The van der Waals surface area contributed by atoms with Gasteiger partial charge in [-0.2, -0.15) is 0 Å². The number of nitrogens with zero attached hydrogens (tertiary/aromatic N) is 3. The Balaban J connectivity index is 0.00000111. The monoisotopic (exact) mass is 681 g/mol. The number of sulfonamides is 1. The summed E-state index contributed by atoms with van der Waals surface area (Å²) in [5.74, 6) is 0.566. The number of amides is 1. The molecule has 0 N–H and O–H groups in total. The van der Waals surface area contributed by atoms with Crippen LogP contribution in [0.5, 0.6) is 11.5 Å². The Kier molecular flexibility index (Phi) is 10.6. The molecule has 1 amide bonds. The molecule has 220 valence electrons.